The second-order valence-electron chi connectivity index (χ2n) is 6.06. The van der Waals surface area contributed by atoms with Crippen LogP contribution in [0.15, 0.2) is 0 Å². The van der Waals surface area contributed by atoms with E-state index in [1.54, 1.807) is 0 Å². The first-order valence-electron chi connectivity index (χ1n) is 8.08. The van der Waals surface area contributed by atoms with E-state index < -0.39 is 0 Å². The summed E-state index contributed by atoms with van der Waals surface area (Å²) in [5.41, 5.74) is 6.33. The first kappa shape index (κ1) is 18.6. The van der Waals surface area contributed by atoms with Crippen LogP contribution in [0.2, 0.25) is 0 Å². The Balaban J connectivity index is 3.58. The summed E-state index contributed by atoms with van der Waals surface area (Å²) < 4.78 is 0. The lowest BCUT2D eigenvalue weighted by molar-refractivity contribution is 0.366. The van der Waals surface area contributed by atoms with Crippen LogP contribution in [0.25, 0.3) is 0 Å². The number of hydrogen-bond donors (Lipinski definition) is 3. The summed E-state index contributed by atoms with van der Waals surface area (Å²) in [6.07, 6.45) is 12.4. The van der Waals surface area contributed by atoms with Gasteiger partial charge in [0.2, 0.25) is 0 Å². The maximum atomic E-state index is 7.25. The van der Waals surface area contributed by atoms with Crippen LogP contribution in [-0.2, 0) is 0 Å². The van der Waals surface area contributed by atoms with Crippen molar-refractivity contribution in [3.63, 3.8) is 0 Å². The molecule has 2 atom stereocenters. The van der Waals surface area contributed by atoms with Crippen LogP contribution in [0.3, 0.4) is 0 Å². The molecule has 0 amide bonds. The van der Waals surface area contributed by atoms with Crippen molar-refractivity contribution in [1.82, 2.24) is 5.32 Å². The zero-order chi connectivity index (χ0) is 14.6. The molecule has 3 nitrogen and oxygen atoms in total. The predicted octanol–water partition coefficient (Wildman–Crippen LogP) is 3.86. The van der Waals surface area contributed by atoms with E-state index in [0.717, 1.165) is 32.2 Å². The quantitative estimate of drug-likeness (QED) is 0.351. The van der Waals surface area contributed by atoms with Gasteiger partial charge in [-0.25, -0.2) is 0 Å². The van der Waals surface area contributed by atoms with E-state index in [2.05, 4.69) is 26.1 Å². The van der Waals surface area contributed by atoms with E-state index in [4.69, 9.17) is 11.1 Å². The van der Waals surface area contributed by atoms with Crippen molar-refractivity contribution in [1.29, 1.82) is 5.41 Å². The van der Waals surface area contributed by atoms with Gasteiger partial charge in [-0.2, -0.15) is 0 Å². The largest absolute Gasteiger partial charge is 0.325 e. The minimum Gasteiger partial charge on any atom is -0.325 e. The van der Waals surface area contributed by atoms with E-state index in [-0.39, 0.29) is 11.6 Å². The Morgan fingerprint density at radius 3 is 2.32 bits per heavy atom. The smallest absolute Gasteiger partial charge is 0.0414 e. The molecule has 0 spiro atoms. The fourth-order valence-electron chi connectivity index (χ4n) is 2.36. The number of nitrogens with one attached hydrogen (secondary N) is 2. The third kappa shape index (κ3) is 11.1. The Labute approximate surface area is 120 Å². The zero-order valence-electron chi connectivity index (χ0n) is 13.3. The first-order valence-corrected chi connectivity index (χ1v) is 8.08. The second kappa shape index (κ2) is 11.4. The normalized spacial score (nSPS) is 16.0. The average Bonchev–Trinajstić information content (AvgIpc) is 2.38. The maximum absolute atomic E-state index is 7.25. The minimum absolute atomic E-state index is 0.0136. The highest BCUT2D eigenvalue weighted by Crippen LogP contribution is 2.18. The number of rotatable bonds is 13. The van der Waals surface area contributed by atoms with Gasteiger partial charge < -0.3 is 16.5 Å². The third-order valence-electron chi connectivity index (χ3n) is 3.82. The average molecular weight is 269 g/mol. The third-order valence-corrected chi connectivity index (χ3v) is 3.82. The van der Waals surface area contributed by atoms with Gasteiger partial charge in [-0.1, -0.05) is 46.0 Å². The van der Waals surface area contributed by atoms with Gasteiger partial charge in [0.25, 0.3) is 0 Å². The first-order chi connectivity index (χ1) is 9.05. The summed E-state index contributed by atoms with van der Waals surface area (Å²) in [7, 11) is 0. The number of hydrogen-bond acceptors (Lipinski definition) is 3. The van der Waals surface area contributed by atoms with Crippen molar-refractivity contribution >= 4 is 6.21 Å². The molecule has 0 heterocycles. The number of unbranched alkanes of at least 4 members (excludes halogenated alkanes) is 4. The van der Waals surface area contributed by atoms with Gasteiger partial charge in [-0.15, -0.1) is 0 Å². The minimum atomic E-state index is -0.0136. The molecule has 2 unspecified atom stereocenters. The van der Waals surface area contributed by atoms with Gasteiger partial charge in [0.1, 0.15) is 0 Å². The van der Waals surface area contributed by atoms with Crippen LogP contribution in [0.5, 0.6) is 0 Å². The molecule has 0 aromatic rings. The van der Waals surface area contributed by atoms with Crippen molar-refractivity contribution in [2.45, 2.75) is 90.1 Å². The molecule has 0 rings (SSSR count). The van der Waals surface area contributed by atoms with Crippen molar-refractivity contribution < 1.29 is 0 Å². The van der Waals surface area contributed by atoms with Gasteiger partial charge >= 0.3 is 0 Å². The monoisotopic (exact) mass is 269 g/mol. The van der Waals surface area contributed by atoms with E-state index in [1.807, 2.05) is 0 Å². The Bertz CT molecular complexity index is 214. The summed E-state index contributed by atoms with van der Waals surface area (Å²) >= 11 is 0. The molecule has 3 heteroatoms. The van der Waals surface area contributed by atoms with Gasteiger partial charge in [-0.3, -0.25) is 0 Å². The van der Waals surface area contributed by atoms with Crippen molar-refractivity contribution in [2.75, 3.05) is 6.54 Å². The number of nitrogens with two attached hydrogens (primary N) is 1. The molecule has 0 radical (unpaired) electrons. The van der Waals surface area contributed by atoms with Crippen LogP contribution < -0.4 is 11.1 Å². The maximum Gasteiger partial charge on any atom is 0.0414 e. The summed E-state index contributed by atoms with van der Waals surface area (Å²) in [5.74, 6) is 0. The molecule has 0 aliphatic carbocycles. The van der Waals surface area contributed by atoms with Gasteiger partial charge in [-0.05, 0) is 39.2 Å². The molecule has 4 N–H and O–H groups in total. The summed E-state index contributed by atoms with van der Waals surface area (Å²) in [4.78, 5) is 0. The molecule has 0 aromatic heterocycles. The topological polar surface area (TPSA) is 61.9 Å². The lowest BCUT2D eigenvalue weighted by atomic mass is 9.90. The Hall–Kier alpha value is -0.410. The molecule has 0 aliphatic heterocycles. The molecule has 0 bridgehead atoms. The SMILES string of the molecule is CCCCCCCC(C)(N)CCCNC(C=N)CC. The van der Waals surface area contributed by atoms with E-state index in [1.165, 1.54) is 38.3 Å². The molecule has 0 saturated carbocycles. The highest BCUT2D eigenvalue weighted by molar-refractivity contribution is 5.60. The van der Waals surface area contributed by atoms with Gasteiger partial charge in [0.15, 0.2) is 0 Å². The van der Waals surface area contributed by atoms with Crippen molar-refractivity contribution in [2.24, 2.45) is 5.73 Å². The Kier molecular flexibility index (Phi) is 11.2. The molecule has 114 valence electrons. The van der Waals surface area contributed by atoms with Crippen LogP contribution >= 0.6 is 0 Å². The standard InChI is InChI=1S/C16H35N3/c1-4-6-7-8-9-11-16(3,18)12-10-13-19-15(5-2)14-17/h14-15,17,19H,4-13,18H2,1-3H3. The zero-order valence-corrected chi connectivity index (χ0v) is 13.3. The highest BCUT2D eigenvalue weighted by Gasteiger charge is 2.17. The second-order valence-corrected chi connectivity index (χ2v) is 6.06. The van der Waals surface area contributed by atoms with Crippen LogP contribution in [0, 0.1) is 5.41 Å². The summed E-state index contributed by atoms with van der Waals surface area (Å²) in [6, 6.07) is 0.234. The summed E-state index contributed by atoms with van der Waals surface area (Å²) in [6.45, 7) is 7.50. The predicted molar refractivity (Wildman–Crippen MR) is 86.1 cm³/mol. The molecule has 0 aromatic carbocycles. The van der Waals surface area contributed by atoms with Crippen molar-refractivity contribution in [3.8, 4) is 0 Å². The lowest BCUT2D eigenvalue weighted by Crippen LogP contribution is -2.38. The fourth-order valence-corrected chi connectivity index (χ4v) is 2.36. The highest BCUT2D eigenvalue weighted by atomic mass is 14.9. The van der Waals surface area contributed by atoms with Crippen LogP contribution in [0.4, 0.5) is 0 Å². The van der Waals surface area contributed by atoms with E-state index in [9.17, 15) is 0 Å². The van der Waals surface area contributed by atoms with Gasteiger partial charge in [0, 0.05) is 17.8 Å². The van der Waals surface area contributed by atoms with Crippen molar-refractivity contribution in [3.05, 3.63) is 0 Å². The van der Waals surface area contributed by atoms with E-state index >= 15 is 0 Å². The fraction of sp³-hybridized carbons (Fsp3) is 0.938. The van der Waals surface area contributed by atoms with Gasteiger partial charge in [0.05, 0.1) is 0 Å². The lowest BCUT2D eigenvalue weighted by Gasteiger charge is -2.25. The van der Waals surface area contributed by atoms with E-state index in [0.29, 0.717) is 0 Å². The molecule has 0 aliphatic rings. The molecule has 19 heavy (non-hydrogen) atoms. The summed E-state index contributed by atoms with van der Waals surface area (Å²) in [5, 5.41) is 10.6. The Morgan fingerprint density at radius 2 is 1.74 bits per heavy atom. The molecular formula is C16H35N3. The van der Waals surface area contributed by atoms with Crippen LogP contribution in [0.1, 0.15) is 78.6 Å². The molecule has 0 fully saturated rings. The van der Waals surface area contributed by atoms with Crippen LogP contribution in [-0.4, -0.2) is 24.3 Å². The Morgan fingerprint density at radius 1 is 1.11 bits per heavy atom. The molecular weight excluding hydrogens is 234 g/mol. The molecule has 0 saturated heterocycles.